The van der Waals surface area contributed by atoms with Crippen LogP contribution in [0.25, 0.3) is 0 Å². The highest BCUT2D eigenvalue weighted by Gasteiger charge is 2.51. The minimum absolute atomic E-state index is 0.000511. The number of ether oxygens (including phenoxy) is 5. The number of aliphatic hydroxyl groups is 5. The van der Waals surface area contributed by atoms with Crippen molar-refractivity contribution < 1.29 is 58.8 Å². The molecule has 13 heteroatoms. The molecule has 16 atom stereocenters. The Morgan fingerprint density at radius 2 is 1.65 bits per heavy atom. The number of carbonyl (C=O) groups is 2. The fraction of sp³-hybridized carbons (Fsp3) is 0.842. The maximum Gasteiger partial charge on any atom is 0.308 e. The number of aliphatic hydroxyl groups excluding tert-OH is 4. The van der Waals surface area contributed by atoms with Crippen molar-refractivity contribution in [3.8, 4) is 0 Å². The summed E-state index contributed by atoms with van der Waals surface area (Å²) in [6, 6.07) is -0.679. The lowest BCUT2D eigenvalue weighted by Crippen LogP contribution is -2.65. The van der Waals surface area contributed by atoms with Gasteiger partial charge in [0.25, 0.3) is 0 Å². The van der Waals surface area contributed by atoms with Gasteiger partial charge in [-0.2, -0.15) is 0 Å². The molecule has 3 heterocycles. The van der Waals surface area contributed by atoms with Crippen molar-refractivity contribution in [1.29, 1.82) is 0 Å². The van der Waals surface area contributed by atoms with E-state index in [1.54, 1.807) is 51.9 Å². The number of hydrogen-bond donors (Lipinski definition) is 5. The summed E-state index contributed by atoms with van der Waals surface area (Å²) in [4.78, 5) is 28.3. The Balaban J connectivity index is 1.94. The molecule has 0 bridgehead atoms. The third-order valence-corrected chi connectivity index (χ3v) is 10.9. The molecule has 3 rings (SSSR count). The van der Waals surface area contributed by atoms with Crippen molar-refractivity contribution in [2.75, 3.05) is 20.7 Å². The summed E-state index contributed by atoms with van der Waals surface area (Å²) in [5.74, 6) is -2.42. The van der Waals surface area contributed by atoms with Gasteiger partial charge in [0, 0.05) is 30.8 Å². The third-order valence-electron chi connectivity index (χ3n) is 10.9. The Bertz CT molecular complexity index is 1190. The largest absolute Gasteiger partial charge is 0.462 e. The second kappa shape index (κ2) is 19.0. The number of likely N-dealkylation sites (N-methyl/N-ethyl adjacent to an activating group) is 1. The van der Waals surface area contributed by atoms with Crippen LogP contribution in [0.5, 0.6) is 0 Å². The lowest BCUT2D eigenvalue weighted by atomic mass is 9.79. The molecule has 3 aliphatic heterocycles. The average molecular weight is 728 g/mol. The van der Waals surface area contributed by atoms with Crippen LogP contribution in [0.3, 0.4) is 0 Å². The maximum atomic E-state index is 13.3. The first-order valence-electron chi connectivity index (χ1n) is 18.6. The summed E-state index contributed by atoms with van der Waals surface area (Å²) in [6.45, 7) is 14.0. The second-order valence-corrected chi connectivity index (χ2v) is 15.6. The SMILES string of the molecule is CC[C@H]1OC(=O)C[C@@H](O)[C@H](C)[C@@H](O[C@@H]2O[C@H](C)[C@@H](O[C@H]3C[C@@](C)(O)[C@@H](O)[C@H](C)O3)[C@H](N(C)C)[C@H]2O)[C@@H](CCO)C[C@@H](C)C(=O)/C=C/C(C)=C/[C@@H]1C. The first kappa shape index (κ1) is 43.6. The Labute approximate surface area is 303 Å². The predicted octanol–water partition coefficient (Wildman–Crippen LogP) is 2.49. The molecule has 294 valence electrons. The van der Waals surface area contributed by atoms with E-state index in [1.165, 1.54) is 6.92 Å². The first-order chi connectivity index (χ1) is 23.8. The van der Waals surface area contributed by atoms with Crippen LogP contribution in [0.15, 0.2) is 23.8 Å². The van der Waals surface area contributed by atoms with Gasteiger partial charge in [0.1, 0.15) is 24.4 Å². The highest BCUT2D eigenvalue weighted by atomic mass is 16.7. The first-order valence-corrected chi connectivity index (χ1v) is 18.6. The van der Waals surface area contributed by atoms with Crippen molar-refractivity contribution >= 4 is 11.8 Å². The molecule has 2 saturated heterocycles. The number of rotatable bonds is 8. The summed E-state index contributed by atoms with van der Waals surface area (Å²) >= 11 is 0. The molecule has 2 fully saturated rings. The number of carbonyl (C=O) groups excluding carboxylic acids is 2. The molecule has 0 amide bonds. The molecule has 13 nitrogen and oxygen atoms in total. The number of ketones is 1. The van der Waals surface area contributed by atoms with Gasteiger partial charge in [0.2, 0.25) is 0 Å². The Morgan fingerprint density at radius 1 is 0.980 bits per heavy atom. The van der Waals surface area contributed by atoms with E-state index in [-0.39, 0.29) is 37.6 Å². The quantitative estimate of drug-likeness (QED) is 0.230. The molecule has 0 aromatic carbocycles. The fourth-order valence-corrected chi connectivity index (χ4v) is 7.77. The van der Waals surface area contributed by atoms with E-state index < -0.39 is 96.8 Å². The Hall–Kier alpha value is -1.78. The second-order valence-electron chi connectivity index (χ2n) is 15.6. The molecule has 51 heavy (non-hydrogen) atoms. The van der Waals surface area contributed by atoms with Gasteiger partial charge in [0.15, 0.2) is 18.4 Å². The van der Waals surface area contributed by atoms with Crippen LogP contribution in [0.4, 0.5) is 0 Å². The smallest absolute Gasteiger partial charge is 0.308 e. The van der Waals surface area contributed by atoms with Crippen LogP contribution >= 0.6 is 0 Å². The van der Waals surface area contributed by atoms with E-state index in [9.17, 15) is 35.1 Å². The van der Waals surface area contributed by atoms with Crippen LogP contribution in [0.2, 0.25) is 0 Å². The monoisotopic (exact) mass is 727 g/mol. The van der Waals surface area contributed by atoms with Gasteiger partial charge in [-0.15, -0.1) is 0 Å². The minimum atomic E-state index is -1.45. The van der Waals surface area contributed by atoms with Gasteiger partial charge >= 0.3 is 5.97 Å². The molecule has 5 N–H and O–H groups in total. The van der Waals surface area contributed by atoms with Crippen molar-refractivity contribution in [1.82, 2.24) is 4.90 Å². The van der Waals surface area contributed by atoms with Crippen LogP contribution in [-0.2, 0) is 33.3 Å². The summed E-state index contributed by atoms with van der Waals surface area (Å²) in [5, 5.41) is 54.7. The van der Waals surface area contributed by atoms with Crippen LogP contribution in [0, 0.1) is 23.7 Å². The van der Waals surface area contributed by atoms with Gasteiger partial charge in [-0.3, -0.25) is 9.59 Å². The Morgan fingerprint density at radius 3 is 2.24 bits per heavy atom. The average Bonchev–Trinajstić information content (AvgIpc) is 3.04. The van der Waals surface area contributed by atoms with Gasteiger partial charge in [0.05, 0.1) is 42.5 Å². The number of allylic oxidation sites excluding steroid dienone is 3. The summed E-state index contributed by atoms with van der Waals surface area (Å²) in [7, 11) is 3.56. The minimum Gasteiger partial charge on any atom is -0.462 e. The van der Waals surface area contributed by atoms with Gasteiger partial charge in [-0.25, -0.2) is 0 Å². The molecule has 3 aliphatic rings. The molecular formula is C38H65NO12. The normalized spacial score (nSPS) is 45.6. The van der Waals surface area contributed by atoms with E-state index in [4.69, 9.17) is 23.7 Å². The van der Waals surface area contributed by atoms with Crippen molar-refractivity contribution in [3.63, 3.8) is 0 Å². The highest BCUT2D eigenvalue weighted by molar-refractivity contribution is 5.91. The van der Waals surface area contributed by atoms with Crippen LogP contribution < -0.4 is 0 Å². The fourth-order valence-electron chi connectivity index (χ4n) is 7.77. The van der Waals surface area contributed by atoms with E-state index in [0.717, 1.165) is 5.57 Å². The summed E-state index contributed by atoms with van der Waals surface area (Å²) in [6.07, 6.45) is -3.02. The summed E-state index contributed by atoms with van der Waals surface area (Å²) < 4.78 is 30.9. The Kier molecular flexibility index (Phi) is 16.3. The molecule has 0 aromatic heterocycles. The van der Waals surface area contributed by atoms with Crippen molar-refractivity contribution in [2.45, 2.75) is 161 Å². The summed E-state index contributed by atoms with van der Waals surface area (Å²) in [5.41, 5.74) is -0.595. The maximum absolute atomic E-state index is 13.3. The van der Waals surface area contributed by atoms with Crippen LogP contribution in [0.1, 0.15) is 87.5 Å². The topological polar surface area (TPSA) is 185 Å². The molecule has 0 unspecified atom stereocenters. The van der Waals surface area contributed by atoms with E-state index >= 15 is 0 Å². The molecule has 0 saturated carbocycles. The molecule has 0 aliphatic carbocycles. The third kappa shape index (κ3) is 11.4. The van der Waals surface area contributed by atoms with Crippen LogP contribution in [-0.4, -0.2) is 136 Å². The molecule has 0 aromatic rings. The number of nitrogens with zero attached hydrogens (tertiary/aromatic N) is 1. The lowest BCUT2D eigenvalue weighted by Gasteiger charge is -2.50. The van der Waals surface area contributed by atoms with Gasteiger partial charge < -0.3 is 54.1 Å². The predicted molar refractivity (Wildman–Crippen MR) is 189 cm³/mol. The zero-order chi connectivity index (χ0) is 38.4. The van der Waals surface area contributed by atoms with E-state index in [2.05, 4.69) is 0 Å². The van der Waals surface area contributed by atoms with Gasteiger partial charge in [-0.05, 0) is 73.0 Å². The molecule has 0 radical (unpaired) electrons. The zero-order valence-corrected chi connectivity index (χ0v) is 32.2. The van der Waals surface area contributed by atoms with E-state index in [0.29, 0.717) is 12.8 Å². The number of hydrogen-bond acceptors (Lipinski definition) is 13. The number of esters is 1. The van der Waals surface area contributed by atoms with Crippen molar-refractivity contribution in [2.24, 2.45) is 23.7 Å². The zero-order valence-electron chi connectivity index (χ0n) is 32.2. The highest BCUT2D eigenvalue weighted by Crippen LogP contribution is 2.37. The molecular weight excluding hydrogens is 662 g/mol. The van der Waals surface area contributed by atoms with Gasteiger partial charge in [-0.1, -0.05) is 45.4 Å². The van der Waals surface area contributed by atoms with E-state index in [1.807, 2.05) is 33.8 Å². The standard InChI is InChI=1S/C38H65NO12/c1-11-29-22(4)16-20(2)12-13-27(41)21(3)17-26(14-15-40)34(23(5)28(42)18-30(43)49-29)51-37-33(44)32(39(9)10)35(24(6)48-37)50-31-19-38(8,46)36(45)25(7)47-31/h12-13,16,21-26,28-29,31-37,40,42,44-46H,11,14-15,17-19H2,1-10H3/b13-12+,20-16+/t21-,22+,23+,24-,25+,26+,28-,29-,31+,32-,33-,34-,35-,36+,37+,38-/m1/s1. The lowest BCUT2D eigenvalue weighted by molar-refractivity contribution is -0.342. The molecule has 0 spiro atoms. The van der Waals surface area contributed by atoms with Crippen molar-refractivity contribution in [3.05, 3.63) is 23.8 Å². The number of cyclic esters (lactones) is 1.